The van der Waals surface area contributed by atoms with Crippen molar-refractivity contribution in [3.63, 3.8) is 0 Å². The van der Waals surface area contributed by atoms with Crippen LogP contribution >= 0.6 is 11.3 Å². The predicted molar refractivity (Wildman–Crippen MR) is 94.8 cm³/mol. The summed E-state index contributed by atoms with van der Waals surface area (Å²) in [6.45, 7) is -0.178. The highest BCUT2D eigenvalue weighted by Gasteiger charge is 2.07. The second-order valence-corrected chi connectivity index (χ2v) is 5.85. The molecule has 3 aromatic rings. The van der Waals surface area contributed by atoms with E-state index in [9.17, 15) is 4.79 Å². The number of ether oxygens (including phenoxy) is 1. The van der Waals surface area contributed by atoms with E-state index in [4.69, 9.17) is 9.57 Å². The van der Waals surface area contributed by atoms with Crippen LogP contribution in [0.2, 0.25) is 0 Å². The number of aromatic nitrogens is 1. The molecule has 1 heterocycles. The number of oxime groups is 1. The molecule has 1 amide bonds. The van der Waals surface area contributed by atoms with Crippen molar-refractivity contribution in [3.05, 3.63) is 54.1 Å². The molecule has 122 valence electrons. The fourth-order valence-corrected chi connectivity index (χ4v) is 2.85. The van der Waals surface area contributed by atoms with Gasteiger partial charge >= 0.3 is 0 Å². The molecule has 0 radical (unpaired) electrons. The Kier molecular flexibility index (Phi) is 5.02. The van der Waals surface area contributed by atoms with E-state index in [0.717, 1.165) is 21.5 Å². The average molecular weight is 341 g/mol. The number of benzene rings is 2. The lowest BCUT2D eigenvalue weighted by Crippen LogP contribution is -2.16. The van der Waals surface area contributed by atoms with Crippen molar-refractivity contribution in [1.29, 1.82) is 0 Å². The van der Waals surface area contributed by atoms with Crippen molar-refractivity contribution in [3.8, 4) is 5.75 Å². The van der Waals surface area contributed by atoms with Crippen molar-refractivity contribution in [2.75, 3.05) is 19.0 Å². The van der Waals surface area contributed by atoms with Crippen LogP contribution in [0.1, 0.15) is 5.56 Å². The van der Waals surface area contributed by atoms with Gasteiger partial charge in [0, 0.05) is 0 Å². The molecular weight excluding hydrogens is 326 g/mol. The first-order valence-electron chi connectivity index (χ1n) is 7.19. The molecular formula is C17H15N3O3S. The van der Waals surface area contributed by atoms with Crippen molar-refractivity contribution in [2.24, 2.45) is 5.16 Å². The van der Waals surface area contributed by atoms with Gasteiger partial charge in [-0.15, -0.1) is 0 Å². The topological polar surface area (TPSA) is 72.8 Å². The van der Waals surface area contributed by atoms with E-state index >= 15 is 0 Å². The minimum absolute atomic E-state index is 0.178. The van der Waals surface area contributed by atoms with Crippen molar-refractivity contribution in [2.45, 2.75) is 0 Å². The highest BCUT2D eigenvalue weighted by Crippen LogP contribution is 2.25. The summed E-state index contributed by atoms with van der Waals surface area (Å²) in [6, 6.07) is 15.0. The highest BCUT2D eigenvalue weighted by atomic mass is 32.1. The second kappa shape index (κ2) is 7.56. The summed E-state index contributed by atoms with van der Waals surface area (Å²) in [5, 5.41) is 7.02. The molecule has 0 aliphatic carbocycles. The van der Waals surface area contributed by atoms with Gasteiger partial charge < -0.3 is 9.57 Å². The number of hydrogen-bond donors (Lipinski definition) is 1. The maximum Gasteiger partial charge on any atom is 0.266 e. The largest absolute Gasteiger partial charge is 0.497 e. The molecule has 1 aromatic heterocycles. The van der Waals surface area contributed by atoms with Crippen LogP contribution in [0.3, 0.4) is 0 Å². The van der Waals surface area contributed by atoms with E-state index in [-0.39, 0.29) is 12.5 Å². The van der Waals surface area contributed by atoms with Gasteiger partial charge in [0.25, 0.3) is 5.91 Å². The minimum Gasteiger partial charge on any atom is -0.497 e. The van der Waals surface area contributed by atoms with Gasteiger partial charge in [-0.3, -0.25) is 10.1 Å². The number of anilines is 1. The number of amides is 1. The molecule has 0 fully saturated rings. The van der Waals surface area contributed by atoms with Gasteiger partial charge in [-0.25, -0.2) is 4.98 Å². The standard InChI is InChI=1S/C17H15N3O3S/c1-22-13-8-6-12(7-9-13)10-18-23-11-16(21)20-17-19-14-4-2-3-5-15(14)24-17/h2-10H,11H2,1H3,(H,19,20,21)/b18-10-. The van der Waals surface area contributed by atoms with Gasteiger partial charge in [-0.2, -0.15) is 0 Å². The Bertz CT molecular complexity index is 826. The van der Waals surface area contributed by atoms with Crippen LogP contribution in [0.5, 0.6) is 5.75 Å². The van der Waals surface area contributed by atoms with Crippen molar-refractivity contribution < 1.29 is 14.4 Å². The van der Waals surface area contributed by atoms with Crippen LogP contribution < -0.4 is 10.1 Å². The monoisotopic (exact) mass is 341 g/mol. The molecule has 0 aliphatic rings. The number of fused-ring (bicyclic) bond motifs is 1. The minimum atomic E-state index is -0.305. The lowest BCUT2D eigenvalue weighted by atomic mass is 10.2. The number of carbonyl (C=O) groups excluding carboxylic acids is 1. The smallest absolute Gasteiger partial charge is 0.266 e. The van der Waals surface area contributed by atoms with Gasteiger partial charge in [0.2, 0.25) is 0 Å². The number of hydrogen-bond acceptors (Lipinski definition) is 6. The molecule has 0 bridgehead atoms. The number of thiazole rings is 1. The SMILES string of the molecule is COc1ccc(/C=N\OCC(=O)Nc2nc3ccccc3s2)cc1. The van der Waals surface area contributed by atoms with E-state index in [1.54, 1.807) is 7.11 Å². The molecule has 1 N–H and O–H groups in total. The summed E-state index contributed by atoms with van der Waals surface area (Å²) in [5.74, 6) is 0.462. The van der Waals surface area contributed by atoms with Crippen LogP contribution in [-0.4, -0.2) is 30.8 Å². The molecule has 7 heteroatoms. The van der Waals surface area contributed by atoms with Crippen molar-refractivity contribution >= 4 is 38.8 Å². The Labute approximate surface area is 142 Å². The lowest BCUT2D eigenvalue weighted by Gasteiger charge is -2.00. The molecule has 2 aromatic carbocycles. The Balaban J connectivity index is 1.49. The maximum atomic E-state index is 11.8. The normalized spacial score (nSPS) is 10.9. The summed E-state index contributed by atoms with van der Waals surface area (Å²) in [5.41, 5.74) is 1.71. The summed E-state index contributed by atoms with van der Waals surface area (Å²) >= 11 is 1.42. The van der Waals surface area contributed by atoms with E-state index < -0.39 is 0 Å². The van der Waals surface area contributed by atoms with Gasteiger partial charge in [-0.05, 0) is 42.0 Å². The van der Waals surface area contributed by atoms with Crippen LogP contribution in [0, 0.1) is 0 Å². The van der Waals surface area contributed by atoms with E-state index in [1.807, 2.05) is 48.5 Å². The maximum absolute atomic E-state index is 11.8. The summed E-state index contributed by atoms with van der Waals surface area (Å²) in [6.07, 6.45) is 1.53. The number of rotatable bonds is 6. The van der Waals surface area contributed by atoms with Crippen LogP contribution in [0.4, 0.5) is 5.13 Å². The molecule has 0 unspecified atom stereocenters. The highest BCUT2D eigenvalue weighted by molar-refractivity contribution is 7.22. The van der Waals surface area contributed by atoms with Gasteiger partial charge in [0.05, 0.1) is 23.5 Å². The quantitative estimate of drug-likeness (QED) is 0.551. The summed E-state index contributed by atoms with van der Waals surface area (Å²) < 4.78 is 6.09. The van der Waals surface area contributed by atoms with Crippen LogP contribution in [0.15, 0.2) is 53.7 Å². The third-order valence-corrected chi connectivity index (χ3v) is 4.08. The third kappa shape index (κ3) is 4.08. The average Bonchev–Trinajstić information content (AvgIpc) is 3.01. The third-order valence-electron chi connectivity index (χ3n) is 3.13. The van der Waals surface area contributed by atoms with E-state index in [1.165, 1.54) is 17.6 Å². The summed E-state index contributed by atoms with van der Waals surface area (Å²) in [4.78, 5) is 21.2. The molecule has 0 aliphatic heterocycles. The van der Waals surface area contributed by atoms with Gasteiger partial charge in [0.1, 0.15) is 5.75 Å². The molecule has 0 saturated heterocycles. The molecule has 0 atom stereocenters. The Morgan fingerprint density at radius 1 is 1.25 bits per heavy atom. The number of carbonyl (C=O) groups is 1. The van der Waals surface area contributed by atoms with Crippen LogP contribution in [0.25, 0.3) is 10.2 Å². The summed E-state index contributed by atoms with van der Waals surface area (Å²) in [7, 11) is 1.61. The molecule has 0 saturated carbocycles. The van der Waals surface area contributed by atoms with E-state index in [0.29, 0.717) is 5.13 Å². The first kappa shape index (κ1) is 15.9. The second-order valence-electron chi connectivity index (χ2n) is 4.82. The van der Waals surface area contributed by atoms with E-state index in [2.05, 4.69) is 15.5 Å². The first-order chi connectivity index (χ1) is 11.7. The number of nitrogens with zero attached hydrogens (tertiary/aromatic N) is 2. The molecule has 6 nitrogen and oxygen atoms in total. The lowest BCUT2D eigenvalue weighted by molar-refractivity contribution is -0.120. The molecule has 0 spiro atoms. The van der Waals surface area contributed by atoms with Crippen LogP contribution in [-0.2, 0) is 9.63 Å². The fourth-order valence-electron chi connectivity index (χ4n) is 1.97. The van der Waals surface area contributed by atoms with Gasteiger partial charge in [-0.1, -0.05) is 28.6 Å². The molecule has 3 rings (SSSR count). The van der Waals surface area contributed by atoms with Crippen molar-refractivity contribution in [1.82, 2.24) is 4.98 Å². The number of para-hydroxylation sites is 1. The van der Waals surface area contributed by atoms with Gasteiger partial charge in [0.15, 0.2) is 11.7 Å². The predicted octanol–water partition coefficient (Wildman–Crippen LogP) is 3.29. The zero-order valence-corrected chi connectivity index (χ0v) is 13.7. The zero-order chi connectivity index (χ0) is 16.8. The fraction of sp³-hybridized carbons (Fsp3) is 0.118. The number of nitrogens with one attached hydrogen (secondary N) is 1. The Morgan fingerprint density at radius 3 is 2.79 bits per heavy atom. The first-order valence-corrected chi connectivity index (χ1v) is 8.01. The molecule has 24 heavy (non-hydrogen) atoms. The number of methoxy groups -OCH3 is 1. The Hall–Kier alpha value is -2.93. The Morgan fingerprint density at radius 2 is 2.04 bits per heavy atom. The zero-order valence-electron chi connectivity index (χ0n) is 12.9.